The summed E-state index contributed by atoms with van der Waals surface area (Å²) in [5.41, 5.74) is 1.31. The lowest BCUT2D eigenvalue weighted by Gasteiger charge is -2.37. The summed E-state index contributed by atoms with van der Waals surface area (Å²) < 4.78 is 0. The van der Waals surface area contributed by atoms with Gasteiger partial charge in [0.05, 0.1) is 23.8 Å². The monoisotopic (exact) mass is 401 g/mol. The molecular weight excluding hydrogens is 374 g/mol. The van der Waals surface area contributed by atoms with Gasteiger partial charge in [-0.15, -0.1) is 0 Å². The molecule has 0 heterocycles. The van der Waals surface area contributed by atoms with Crippen LogP contribution < -0.4 is 5.32 Å². The second-order valence-electron chi connectivity index (χ2n) is 7.84. The Hall–Kier alpha value is -2.37. The number of nitrogens with one attached hydrogen (secondary N) is 1. The van der Waals surface area contributed by atoms with Gasteiger partial charge in [-0.3, -0.25) is 14.5 Å². The normalized spacial score (nSPS) is 11.4. The first-order valence-electron chi connectivity index (χ1n) is 9.24. The molecule has 0 spiro atoms. The van der Waals surface area contributed by atoms with Crippen molar-refractivity contribution in [3.05, 3.63) is 65.2 Å². The van der Waals surface area contributed by atoms with Crippen LogP contribution >= 0.6 is 11.6 Å². The summed E-state index contributed by atoms with van der Waals surface area (Å²) in [7, 11) is 1.76. The highest BCUT2D eigenvalue weighted by Crippen LogP contribution is 2.20. The van der Waals surface area contributed by atoms with Crippen LogP contribution in [0.1, 0.15) is 26.3 Å². The fourth-order valence-corrected chi connectivity index (χ4v) is 3.02. The van der Waals surface area contributed by atoms with Gasteiger partial charge in [0.25, 0.3) is 0 Å². The second-order valence-corrected chi connectivity index (χ2v) is 8.24. The smallest absolute Gasteiger partial charge is 0.238 e. The van der Waals surface area contributed by atoms with Gasteiger partial charge in [0.15, 0.2) is 0 Å². The summed E-state index contributed by atoms with van der Waals surface area (Å²) >= 11 is 6.07. The first kappa shape index (κ1) is 21.9. The molecule has 0 atom stereocenters. The Morgan fingerprint density at radius 2 is 1.57 bits per heavy atom. The average Bonchev–Trinajstić information content (AvgIpc) is 2.61. The zero-order valence-corrected chi connectivity index (χ0v) is 17.7. The molecule has 2 aromatic rings. The van der Waals surface area contributed by atoms with Crippen LogP contribution in [0.25, 0.3) is 0 Å². The molecule has 2 aromatic carbocycles. The van der Waals surface area contributed by atoms with E-state index in [-0.39, 0.29) is 30.4 Å². The third-order valence-corrected chi connectivity index (χ3v) is 4.59. The number of hydrogen-bond donors (Lipinski definition) is 1. The first-order chi connectivity index (χ1) is 13.2. The number of hydrogen-bond acceptors (Lipinski definition) is 3. The fraction of sp³-hybridized carbons (Fsp3) is 0.364. The lowest BCUT2D eigenvalue weighted by atomic mass is 10.0. The van der Waals surface area contributed by atoms with Gasteiger partial charge >= 0.3 is 0 Å². The Bertz CT molecular complexity index is 803. The van der Waals surface area contributed by atoms with Crippen molar-refractivity contribution in [2.75, 3.05) is 25.5 Å². The van der Waals surface area contributed by atoms with E-state index in [0.717, 1.165) is 5.56 Å². The van der Waals surface area contributed by atoms with Crippen molar-refractivity contribution in [3.8, 4) is 0 Å². The minimum absolute atomic E-state index is 0.0237. The van der Waals surface area contributed by atoms with Crippen molar-refractivity contribution in [1.82, 2.24) is 9.80 Å². The zero-order chi connectivity index (χ0) is 20.7. The number of rotatable bonds is 7. The molecule has 0 aliphatic heterocycles. The van der Waals surface area contributed by atoms with Gasteiger partial charge in [0.1, 0.15) is 0 Å². The molecular formula is C22H28ClN3O2. The number of halogens is 1. The molecule has 0 radical (unpaired) electrons. The summed E-state index contributed by atoms with van der Waals surface area (Å²) in [6, 6.07) is 17.0. The lowest BCUT2D eigenvalue weighted by Crippen LogP contribution is -2.49. The number of para-hydroxylation sites is 1. The minimum atomic E-state index is -0.326. The molecule has 2 rings (SSSR count). The van der Waals surface area contributed by atoms with Crippen molar-refractivity contribution in [1.29, 1.82) is 0 Å². The second kappa shape index (κ2) is 9.71. The van der Waals surface area contributed by atoms with E-state index in [1.807, 2.05) is 56.0 Å². The number of anilines is 1. The summed E-state index contributed by atoms with van der Waals surface area (Å²) in [6.45, 7) is 6.82. The number of carbonyl (C=O) groups is 2. The molecule has 0 saturated heterocycles. The molecule has 0 aliphatic rings. The highest BCUT2D eigenvalue weighted by atomic mass is 35.5. The van der Waals surface area contributed by atoms with Crippen molar-refractivity contribution in [2.24, 2.45) is 0 Å². The van der Waals surface area contributed by atoms with E-state index in [1.165, 1.54) is 0 Å². The highest BCUT2D eigenvalue weighted by molar-refractivity contribution is 6.33. The van der Waals surface area contributed by atoms with Crippen LogP contribution in [0.15, 0.2) is 54.6 Å². The molecule has 0 fully saturated rings. The Labute approximate surface area is 172 Å². The van der Waals surface area contributed by atoms with Gasteiger partial charge in [-0.1, -0.05) is 54.1 Å². The molecule has 2 amide bonds. The predicted octanol–water partition coefficient (Wildman–Crippen LogP) is 4.04. The Morgan fingerprint density at radius 1 is 0.964 bits per heavy atom. The van der Waals surface area contributed by atoms with Crippen molar-refractivity contribution >= 4 is 29.1 Å². The summed E-state index contributed by atoms with van der Waals surface area (Å²) in [4.78, 5) is 28.8. The van der Waals surface area contributed by atoms with Crippen LogP contribution in [0.2, 0.25) is 5.02 Å². The van der Waals surface area contributed by atoms with E-state index in [4.69, 9.17) is 11.6 Å². The third-order valence-electron chi connectivity index (χ3n) is 4.26. The Morgan fingerprint density at radius 3 is 2.18 bits per heavy atom. The summed E-state index contributed by atoms with van der Waals surface area (Å²) in [5, 5.41) is 3.26. The van der Waals surface area contributed by atoms with E-state index in [1.54, 1.807) is 36.2 Å². The van der Waals surface area contributed by atoms with Gasteiger partial charge in [-0.2, -0.15) is 0 Å². The van der Waals surface area contributed by atoms with Crippen molar-refractivity contribution in [2.45, 2.75) is 32.9 Å². The quantitative estimate of drug-likeness (QED) is 0.761. The van der Waals surface area contributed by atoms with E-state index in [0.29, 0.717) is 17.3 Å². The number of benzene rings is 2. The summed E-state index contributed by atoms with van der Waals surface area (Å²) in [5.74, 6) is -0.238. The Balaban J connectivity index is 1.96. The molecule has 0 saturated carbocycles. The largest absolute Gasteiger partial charge is 0.332 e. The molecule has 150 valence electrons. The predicted molar refractivity (Wildman–Crippen MR) is 114 cm³/mol. The van der Waals surface area contributed by atoms with E-state index in [2.05, 4.69) is 5.32 Å². The number of carbonyl (C=O) groups excluding carboxylic acids is 2. The van der Waals surface area contributed by atoms with E-state index < -0.39 is 0 Å². The van der Waals surface area contributed by atoms with Crippen LogP contribution in [0.3, 0.4) is 0 Å². The maximum Gasteiger partial charge on any atom is 0.238 e. The van der Waals surface area contributed by atoms with Crippen LogP contribution in [0.4, 0.5) is 5.69 Å². The van der Waals surface area contributed by atoms with Crippen LogP contribution in [0.5, 0.6) is 0 Å². The van der Waals surface area contributed by atoms with Gasteiger partial charge in [0.2, 0.25) is 11.8 Å². The van der Waals surface area contributed by atoms with Gasteiger partial charge in [0, 0.05) is 12.1 Å². The van der Waals surface area contributed by atoms with Gasteiger partial charge in [-0.25, -0.2) is 0 Å². The fourth-order valence-electron chi connectivity index (χ4n) is 2.84. The Kier molecular flexibility index (Phi) is 7.61. The zero-order valence-electron chi connectivity index (χ0n) is 16.9. The number of amides is 2. The molecule has 0 bridgehead atoms. The molecule has 6 heteroatoms. The molecule has 1 N–H and O–H groups in total. The molecule has 5 nitrogen and oxygen atoms in total. The number of likely N-dealkylation sites (N-methyl/N-ethyl adjacent to an activating group) is 1. The minimum Gasteiger partial charge on any atom is -0.332 e. The van der Waals surface area contributed by atoms with Crippen LogP contribution in [-0.2, 0) is 16.1 Å². The van der Waals surface area contributed by atoms with E-state index >= 15 is 0 Å². The molecule has 0 aromatic heterocycles. The number of nitrogens with zero attached hydrogens (tertiary/aromatic N) is 2. The highest BCUT2D eigenvalue weighted by Gasteiger charge is 2.27. The van der Waals surface area contributed by atoms with Crippen LogP contribution in [0, 0.1) is 0 Å². The first-order valence-corrected chi connectivity index (χ1v) is 9.62. The SMILES string of the molecule is CN(CC(=O)Nc1ccccc1Cl)CC(=O)N(Cc1ccccc1)C(C)(C)C. The molecule has 28 heavy (non-hydrogen) atoms. The van der Waals surface area contributed by atoms with Crippen molar-refractivity contribution in [3.63, 3.8) is 0 Å². The van der Waals surface area contributed by atoms with Crippen LogP contribution in [-0.4, -0.2) is 47.3 Å². The van der Waals surface area contributed by atoms with Gasteiger partial charge < -0.3 is 10.2 Å². The van der Waals surface area contributed by atoms with E-state index in [9.17, 15) is 9.59 Å². The summed E-state index contributed by atoms with van der Waals surface area (Å²) in [6.07, 6.45) is 0. The maximum atomic E-state index is 12.9. The molecule has 0 aliphatic carbocycles. The maximum absolute atomic E-state index is 12.9. The topological polar surface area (TPSA) is 52.7 Å². The van der Waals surface area contributed by atoms with Gasteiger partial charge in [-0.05, 0) is 45.5 Å². The van der Waals surface area contributed by atoms with Crippen molar-refractivity contribution < 1.29 is 9.59 Å². The standard InChI is InChI=1S/C22H28ClN3O2/c1-22(2,3)26(14-17-10-6-5-7-11-17)21(28)16-25(4)15-20(27)24-19-13-9-8-12-18(19)23/h5-13H,14-16H2,1-4H3,(H,24,27). The molecule has 0 unspecified atom stereocenters. The third kappa shape index (κ3) is 6.66. The average molecular weight is 402 g/mol. The lowest BCUT2D eigenvalue weighted by molar-refractivity contribution is -0.137.